The Morgan fingerprint density at radius 2 is 1.97 bits per heavy atom. The lowest BCUT2D eigenvalue weighted by Gasteiger charge is -2.42. The van der Waals surface area contributed by atoms with Crippen molar-refractivity contribution in [2.24, 2.45) is 0 Å². The van der Waals surface area contributed by atoms with E-state index in [1.54, 1.807) is 18.2 Å². The molecule has 1 aromatic carbocycles. The fourth-order valence-corrected chi connectivity index (χ4v) is 4.98. The molecular weight excluding hydrogens is 467 g/mol. The van der Waals surface area contributed by atoms with Crippen LogP contribution < -0.4 is 0 Å². The number of aliphatic hydroxyl groups is 2. The number of carbonyl (C=O) groups is 1. The fourth-order valence-electron chi connectivity index (χ4n) is 3.96. The molecule has 35 heavy (non-hydrogen) atoms. The second-order valence-electron chi connectivity index (χ2n) is 8.02. The van der Waals surface area contributed by atoms with Crippen molar-refractivity contribution in [2.75, 3.05) is 13.7 Å². The summed E-state index contributed by atoms with van der Waals surface area (Å²) < 4.78 is 24.7. The largest absolute Gasteiger partial charge is 0.394 e. The number of carbonyl (C=O) groups excluding carboxylic acids is 1. The van der Waals surface area contributed by atoms with Crippen LogP contribution in [0.25, 0.3) is 5.57 Å². The number of hydrogen-bond donors (Lipinski definition) is 2. The number of methoxy groups -OCH3 is 1. The summed E-state index contributed by atoms with van der Waals surface area (Å²) in [6.07, 6.45) is 3.99. The zero-order chi connectivity index (χ0) is 26.2. The van der Waals surface area contributed by atoms with E-state index in [4.69, 9.17) is 9.47 Å². The van der Waals surface area contributed by atoms with Crippen LogP contribution in [0.3, 0.4) is 0 Å². The average Bonchev–Trinajstić information content (AvgIpc) is 3.35. The molecule has 3 unspecified atom stereocenters. The van der Waals surface area contributed by atoms with Crippen LogP contribution in [-0.2, 0) is 15.3 Å². The standard InChI is InChI=1S/C26H29FO5S.C2H6/c1-5-18(8-7-17(3)27)23-10-11-24(33-23)25(30)22-12-19(9-6-16(22)2)26(31-4)14-20(29)13-21(15-28)32-26;1-2/h5-12,20-21,28-29H,3,13-15H2,1-2,4H3;1-2H3/b8-7-,18-5+;. The van der Waals surface area contributed by atoms with Crippen molar-refractivity contribution in [1.29, 1.82) is 0 Å². The van der Waals surface area contributed by atoms with E-state index in [1.165, 1.54) is 24.5 Å². The highest BCUT2D eigenvalue weighted by Crippen LogP contribution is 2.39. The third-order valence-electron chi connectivity index (χ3n) is 5.72. The predicted octanol–water partition coefficient (Wildman–Crippen LogP) is 6.09. The van der Waals surface area contributed by atoms with Crippen LogP contribution in [0, 0.1) is 6.92 Å². The predicted molar refractivity (Wildman–Crippen MR) is 139 cm³/mol. The molecule has 0 aliphatic carbocycles. The van der Waals surface area contributed by atoms with Gasteiger partial charge in [-0.15, -0.1) is 11.3 Å². The molecule has 2 heterocycles. The molecule has 1 aliphatic heterocycles. The maximum absolute atomic E-state index is 13.4. The van der Waals surface area contributed by atoms with Gasteiger partial charge < -0.3 is 19.7 Å². The van der Waals surface area contributed by atoms with E-state index in [0.717, 1.165) is 16.0 Å². The zero-order valence-electron chi connectivity index (χ0n) is 21.0. The van der Waals surface area contributed by atoms with Gasteiger partial charge in [0.05, 0.1) is 23.7 Å². The third kappa shape index (κ3) is 6.84. The Kier molecular flexibility index (Phi) is 10.7. The number of ether oxygens (including phenoxy) is 2. The Balaban J connectivity index is 0.00000210. The molecule has 1 saturated heterocycles. The number of aliphatic hydroxyl groups excluding tert-OH is 2. The highest BCUT2D eigenvalue weighted by atomic mass is 32.1. The molecule has 0 amide bonds. The van der Waals surface area contributed by atoms with Gasteiger partial charge in [-0.3, -0.25) is 4.79 Å². The van der Waals surface area contributed by atoms with Gasteiger partial charge in [0.15, 0.2) is 5.79 Å². The first kappa shape index (κ1) is 28.8. The van der Waals surface area contributed by atoms with Gasteiger partial charge in [-0.1, -0.05) is 44.7 Å². The molecule has 0 radical (unpaired) electrons. The summed E-state index contributed by atoms with van der Waals surface area (Å²) in [7, 11) is 1.48. The fraction of sp³-hybridized carbons (Fsp3) is 0.393. The van der Waals surface area contributed by atoms with Crippen LogP contribution in [-0.4, -0.2) is 41.9 Å². The van der Waals surface area contributed by atoms with Crippen LogP contribution in [0.5, 0.6) is 0 Å². The van der Waals surface area contributed by atoms with Gasteiger partial charge in [0, 0.05) is 36.0 Å². The van der Waals surface area contributed by atoms with Crippen LogP contribution in [0.4, 0.5) is 4.39 Å². The molecule has 2 N–H and O–H groups in total. The molecule has 7 heteroatoms. The Labute approximate surface area is 211 Å². The first-order valence-electron chi connectivity index (χ1n) is 11.7. The van der Waals surface area contributed by atoms with Gasteiger partial charge in [-0.2, -0.15) is 0 Å². The summed E-state index contributed by atoms with van der Waals surface area (Å²) in [5, 5.41) is 19.9. The Hall–Kier alpha value is -2.42. The van der Waals surface area contributed by atoms with Gasteiger partial charge in [0.1, 0.15) is 5.83 Å². The Morgan fingerprint density at radius 3 is 2.57 bits per heavy atom. The number of aryl methyl sites for hydroxylation is 1. The topological polar surface area (TPSA) is 76.0 Å². The van der Waals surface area contributed by atoms with Crippen molar-refractivity contribution in [3.05, 3.63) is 87.4 Å². The number of halogens is 1. The lowest BCUT2D eigenvalue weighted by Crippen LogP contribution is -2.46. The third-order valence-corrected chi connectivity index (χ3v) is 6.85. The number of ketones is 1. The molecule has 1 aromatic heterocycles. The zero-order valence-corrected chi connectivity index (χ0v) is 21.8. The van der Waals surface area contributed by atoms with Gasteiger partial charge in [0.2, 0.25) is 5.78 Å². The number of allylic oxidation sites excluding steroid dienone is 5. The van der Waals surface area contributed by atoms with Crippen LogP contribution >= 0.6 is 11.3 Å². The van der Waals surface area contributed by atoms with Crippen molar-refractivity contribution in [1.82, 2.24) is 0 Å². The average molecular weight is 503 g/mol. The lowest BCUT2D eigenvalue weighted by molar-refractivity contribution is -0.298. The van der Waals surface area contributed by atoms with Gasteiger partial charge in [0.25, 0.3) is 0 Å². The Morgan fingerprint density at radius 1 is 1.29 bits per heavy atom. The second kappa shape index (κ2) is 13.0. The van der Waals surface area contributed by atoms with E-state index >= 15 is 0 Å². The molecule has 1 fully saturated rings. The number of thiophene rings is 1. The number of hydrogen-bond acceptors (Lipinski definition) is 6. The SMILES string of the molecule is C=C(F)/C=C\C(=C/C)c1ccc(C(=O)c2cc(C3(OC)CC(O)CC(CO)O3)ccc2C)s1.CC. The summed E-state index contributed by atoms with van der Waals surface area (Å²) >= 11 is 1.32. The van der Waals surface area contributed by atoms with Crippen molar-refractivity contribution >= 4 is 22.7 Å². The van der Waals surface area contributed by atoms with E-state index in [1.807, 2.05) is 52.0 Å². The molecule has 0 spiro atoms. The second-order valence-corrected chi connectivity index (χ2v) is 9.10. The quantitative estimate of drug-likeness (QED) is 0.338. The molecule has 5 nitrogen and oxygen atoms in total. The first-order chi connectivity index (χ1) is 16.7. The minimum atomic E-state index is -1.26. The summed E-state index contributed by atoms with van der Waals surface area (Å²) in [5.74, 6) is -1.95. The minimum Gasteiger partial charge on any atom is -0.394 e. The summed E-state index contributed by atoms with van der Waals surface area (Å²) in [4.78, 5) is 14.8. The van der Waals surface area contributed by atoms with Crippen molar-refractivity contribution in [2.45, 2.75) is 58.5 Å². The van der Waals surface area contributed by atoms with E-state index in [2.05, 4.69) is 6.58 Å². The Bertz CT molecular complexity index is 1090. The highest BCUT2D eigenvalue weighted by molar-refractivity contribution is 7.15. The maximum Gasteiger partial charge on any atom is 0.203 e. The number of rotatable bonds is 8. The molecule has 3 rings (SSSR count). The van der Waals surface area contributed by atoms with E-state index < -0.39 is 23.8 Å². The van der Waals surface area contributed by atoms with Gasteiger partial charge >= 0.3 is 0 Å². The van der Waals surface area contributed by atoms with E-state index in [9.17, 15) is 19.4 Å². The molecule has 2 aromatic rings. The lowest BCUT2D eigenvalue weighted by atomic mass is 9.90. The number of benzene rings is 1. The monoisotopic (exact) mass is 502 g/mol. The summed E-state index contributed by atoms with van der Waals surface area (Å²) in [6, 6.07) is 8.96. The van der Waals surface area contributed by atoms with Gasteiger partial charge in [-0.05, 0) is 49.3 Å². The maximum atomic E-state index is 13.4. The van der Waals surface area contributed by atoms with E-state index in [0.29, 0.717) is 22.4 Å². The van der Waals surface area contributed by atoms with Crippen LogP contribution in [0.1, 0.15) is 64.9 Å². The highest BCUT2D eigenvalue weighted by Gasteiger charge is 2.43. The molecular formula is C28H35FO5S. The van der Waals surface area contributed by atoms with Crippen molar-refractivity contribution < 1.29 is 28.9 Å². The molecule has 1 aliphatic rings. The first-order valence-corrected chi connectivity index (χ1v) is 12.5. The molecule has 0 bridgehead atoms. The minimum absolute atomic E-state index is 0.152. The normalized spacial score (nSPS) is 22.6. The van der Waals surface area contributed by atoms with Crippen LogP contribution in [0.2, 0.25) is 0 Å². The van der Waals surface area contributed by atoms with Crippen molar-refractivity contribution in [3.63, 3.8) is 0 Å². The van der Waals surface area contributed by atoms with Crippen LogP contribution in [0.15, 0.2) is 61.0 Å². The molecule has 0 saturated carbocycles. The summed E-state index contributed by atoms with van der Waals surface area (Å²) in [6.45, 7) is 10.7. The van der Waals surface area contributed by atoms with Crippen molar-refractivity contribution in [3.8, 4) is 0 Å². The molecule has 190 valence electrons. The summed E-state index contributed by atoms with van der Waals surface area (Å²) in [5.41, 5.74) is 2.68. The van der Waals surface area contributed by atoms with E-state index in [-0.39, 0.29) is 18.8 Å². The molecule has 3 atom stereocenters. The van der Waals surface area contributed by atoms with Gasteiger partial charge in [-0.25, -0.2) is 4.39 Å². The smallest absolute Gasteiger partial charge is 0.203 e.